The lowest BCUT2D eigenvalue weighted by Gasteiger charge is -2.24. The van der Waals surface area contributed by atoms with Crippen LogP contribution in [0.2, 0.25) is 10.0 Å². The molecule has 84 valence electrons. The van der Waals surface area contributed by atoms with Crippen LogP contribution in [0.5, 0.6) is 0 Å². The molecule has 15 heavy (non-hydrogen) atoms. The van der Waals surface area contributed by atoms with E-state index in [1.54, 1.807) is 25.1 Å². The molecule has 1 aromatic rings. The van der Waals surface area contributed by atoms with Crippen molar-refractivity contribution in [3.63, 3.8) is 0 Å². The van der Waals surface area contributed by atoms with Gasteiger partial charge in [-0.1, -0.05) is 36.2 Å². The topological polar surface area (TPSA) is 32.3 Å². The van der Waals surface area contributed by atoms with Gasteiger partial charge in [0, 0.05) is 6.54 Å². The fraction of sp³-hybridized carbons (Fsp3) is 0.455. The number of halogens is 2. The molecule has 1 rings (SSSR count). The van der Waals surface area contributed by atoms with Crippen LogP contribution >= 0.6 is 23.2 Å². The van der Waals surface area contributed by atoms with Gasteiger partial charge in [-0.25, -0.2) is 0 Å². The molecular formula is C11H15Cl2NO. The Bertz CT molecular complexity index is 339. The summed E-state index contributed by atoms with van der Waals surface area (Å²) in [6.07, 6.45) is 0. The van der Waals surface area contributed by atoms with Crippen molar-refractivity contribution in [2.45, 2.75) is 19.4 Å². The summed E-state index contributed by atoms with van der Waals surface area (Å²) in [6, 6.07) is 5.17. The first kappa shape index (κ1) is 12.8. The monoisotopic (exact) mass is 247 g/mol. The Morgan fingerprint density at radius 1 is 1.33 bits per heavy atom. The quantitative estimate of drug-likeness (QED) is 0.858. The predicted octanol–water partition coefficient (Wildman–Crippen LogP) is 2.81. The van der Waals surface area contributed by atoms with Crippen LogP contribution in [0.1, 0.15) is 19.4 Å². The molecule has 0 aliphatic rings. The van der Waals surface area contributed by atoms with Gasteiger partial charge in [-0.15, -0.1) is 0 Å². The van der Waals surface area contributed by atoms with Crippen molar-refractivity contribution in [2.24, 2.45) is 0 Å². The first-order chi connectivity index (χ1) is 6.97. The molecule has 0 bridgehead atoms. The number of benzene rings is 1. The van der Waals surface area contributed by atoms with E-state index in [0.717, 1.165) is 12.1 Å². The van der Waals surface area contributed by atoms with Crippen LogP contribution in [-0.2, 0) is 5.60 Å². The molecule has 0 saturated carbocycles. The third-order valence-electron chi connectivity index (χ3n) is 2.26. The highest BCUT2D eigenvalue weighted by molar-refractivity contribution is 6.42. The summed E-state index contributed by atoms with van der Waals surface area (Å²) < 4.78 is 0. The first-order valence-electron chi connectivity index (χ1n) is 4.86. The molecule has 0 heterocycles. The zero-order valence-corrected chi connectivity index (χ0v) is 10.4. The third-order valence-corrected chi connectivity index (χ3v) is 3.00. The molecule has 0 aliphatic carbocycles. The third kappa shape index (κ3) is 3.35. The highest BCUT2D eigenvalue weighted by Gasteiger charge is 2.22. The Labute approximate surface area is 100 Å². The van der Waals surface area contributed by atoms with Gasteiger partial charge in [0.1, 0.15) is 0 Å². The van der Waals surface area contributed by atoms with Crippen LogP contribution in [0.25, 0.3) is 0 Å². The molecule has 0 radical (unpaired) electrons. The maximum atomic E-state index is 10.2. The average molecular weight is 248 g/mol. The zero-order valence-electron chi connectivity index (χ0n) is 8.85. The molecule has 1 atom stereocenters. The van der Waals surface area contributed by atoms with E-state index in [9.17, 15) is 5.11 Å². The van der Waals surface area contributed by atoms with Crippen molar-refractivity contribution < 1.29 is 5.11 Å². The van der Waals surface area contributed by atoms with Crippen LogP contribution in [0, 0.1) is 0 Å². The van der Waals surface area contributed by atoms with Gasteiger partial charge in [0.05, 0.1) is 15.6 Å². The molecule has 2 nitrogen and oxygen atoms in total. The Kier molecular flexibility index (Phi) is 4.41. The minimum Gasteiger partial charge on any atom is -0.384 e. The Morgan fingerprint density at radius 3 is 2.53 bits per heavy atom. The lowest BCUT2D eigenvalue weighted by molar-refractivity contribution is 0.0576. The van der Waals surface area contributed by atoms with Crippen LogP contribution < -0.4 is 5.32 Å². The van der Waals surface area contributed by atoms with Gasteiger partial charge in [0.15, 0.2) is 0 Å². The standard InChI is InChI=1S/C11H15Cl2NO/c1-3-14-7-11(2,15)8-4-5-9(12)10(13)6-8/h4-6,14-15H,3,7H2,1-2H3. The van der Waals surface area contributed by atoms with Gasteiger partial charge in [-0.2, -0.15) is 0 Å². The average Bonchev–Trinajstić information content (AvgIpc) is 2.19. The summed E-state index contributed by atoms with van der Waals surface area (Å²) in [5.74, 6) is 0. The number of likely N-dealkylation sites (N-methyl/N-ethyl adjacent to an activating group) is 1. The van der Waals surface area contributed by atoms with Crippen LogP contribution in [0.4, 0.5) is 0 Å². The molecule has 4 heteroatoms. The maximum absolute atomic E-state index is 10.2. The van der Waals surface area contributed by atoms with Gasteiger partial charge < -0.3 is 10.4 Å². The van der Waals surface area contributed by atoms with Gasteiger partial charge in [0.25, 0.3) is 0 Å². The van der Waals surface area contributed by atoms with Crippen molar-refractivity contribution in [1.29, 1.82) is 0 Å². The summed E-state index contributed by atoms with van der Waals surface area (Å²) in [6.45, 7) is 5.04. The summed E-state index contributed by atoms with van der Waals surface area (Å²) in [4.78, 5) is 0. The molecule has 0 fully saturated rings. The molecule has 0 saturated heterocycles. The molecular weight excluding hydrogens is 233 g/mol. The second-order valence-corrected chi connectivity index (χ2v) is 4.50. The minimum atomic E-state index is -0.926. The number of hydrogen-bond acceptors (Lipinski definition) is 2. The molecule has 0 aliphatic heterocycles. The van der Waals surface area contributed by atoms with Crippen LogP contribution in [0.3, 0.4) is 0 Å². The van der Waals surface area contributed by atoms with E-state index < -0.39 is 5.60 Å². The molecule has 0 spiro atoms. The SMILES string of the molecule is CCNCC(C)(O)c1ccc(Cl)c(Cl)c1. The van der Waals surface area contributed by atoms with Crippen molar-refractivity contribution in [3.8, 4) is 0 Å². The van der Waals surface area contributed by atoms with Gasteiger partial charge in [-0.05, 0) is 31.2 Å². The second kappa shape index (κ2) is 5.17. The Morgan fingerprint density at radius 2 is 2.00 bits per heavy atom. The molecule has 0 amide bonds. The normalized spacial score (nSPS) is 15.0. The highest BCUT2D eigenvalue weighted by Crippen LogP contribution is 2.28. The number of hydrogen-bond donors (Lipinski definition) is 2. The molecule has 0 aromatic heterocycles. The first-order valence-corrected chi connectivity index (χ1v) is 5.61. The fourth-order valence-corrected chi connectivity index (χ4v) is 1.60. The van der Waals surface area contributed by atoms with E-state index >= 15 is 0 Å². The Hall–Kier alpha value is -0.280. The molecule has 2 N–H and O–H groups in total. The summed E-state index contributed by atoms with van der Waals surface area (Å²) in [5, 5.41) is 14.2. The van der Waals surface area contributed by atoms with Crippen molar-refractivity contribution in [2.75, 3.05) is 13.1 Å². The van der Waals surface area contributed by atoms with E-state index in [-0.39, 0.29) is 0 Å². The Balaban J connectivity index is 2.89. The van der Waals surface area contributed by atoms with E-state index in [2.05, 4.69) is 5.32 Å². The fourth-order valence-electron chi connectivity index (χ4n) is 1.30. The van der Waals surface area contributed by atoms with Crippen molar-refractivity contribution >= 4 is 23.2 Å². The van der Waals surface area contributed by atoms with Gasteiger partial charge in [0.2, 0.25) is 0 Å². The number of rotatable bonds is 4. The van der Waals surface area contributed by atoms with E-state index in [4.69, 9.17) is 23.2 Å². The molecule has 1 unspecified atom stereocenters. The van der Waals surface area contributed by atoms with Crippen molar-refractivity contribution in [3.05, 3.63) is 33.8 Å². The smallest absolute Gasteiger partial charge is 0.0992 e. The lowest BCUT2D eigenvalue weighted by Crippen LogP contribution is -2.35. The van der Waals surface area contributed by atoms with Gasteiger partial charge in [-0.3, -0.25) is 0 Å². The summed E-state index contributed by atoms with van der Waals surface area (Å²) in [7, 11) is 0. The zero-order chi connectivity index (χ0) is 11.5. The largest absolute Gasteiger partial charge is 0.384 e. The van der Waals surface area contributed by atoms with E-state index in [1.165, 1.54) is 0 Å². The van der Waals surface area contributed by atoms with E-state index in [0.29, 0.717) is 16.6 Å². The highest BCUT2D eigenvalue weighted by atomic mass is 35.5. The number of nitrogens with one attached hydrogen (secondary N) is 1. The molecule has 1 aromatic carbocycles. The number of aliphatic hydroxyl groups is 1. The maximum Gasteiger partial charge on any atom is 0.0992 e. The minimum absolute atomic E-state index is 0.464. The predicted molar refractivity (Wildman–Crippen MR) is 64.6 cm³/mol. The summed E-state index contributed by atoms with van der Waals surface area (Å²) >= 11 is 11.7. The lowest BCUT2D eigenvalue weighted by atomic mass is 9.96. The second-order valence-electron chi connectivity index (χ2n) is 3.68. The van der Waals surface area contributed by atoms with Crippen LogP contribution in [-0.4, -0.2) is 18.2 Å². The van der Waals surface area contributed by atoms with Gasteiger partial charge >= 0.3 is 0 Å². The van der Waals surface area contributed by atoms with Crippen molar-refractivity contribution in [1.82, 2.24) is 5.32 Å². The van der Waals surface area contributed by atoms with Crippen LogP contribution in [0.15, 0.2) is 18.2 Å². The summed E-state index contributed by atoms with van der Waals surface area (Å²) in [5.41, 5.74) is -0.164. The van der Waals surface area contributed by atoms with E-state index in [1.807, 2.05) is 6.92 Å².